The minimum absolute atomic E-state index is 0.233. The van der Waals surface area contributed by atoms with Crippen LogP contribution in [0.5, 0.6) is 0 Å². The van der Waals surface area contributed by atoms with Crippen LogP contribution in [0.4, 0.5) is 5.69 Å². The molecule has 8 heteroatoms. The predicted octanol–water partition coefficient (Wildman–Crippen LogP) is 2.02. The van der Waals surface area contributed by atoms with Gasteiger partial charge in [0.25, 0.3) is 11.8 Å². The first kappa shape index (κ1) is 16.9. The van der Waals surface area contributed by atoms with E-state index in [4.69, 9.17) is 0 Å². The van der Waals surface area contributed by atoms with E-state index in [1.165, 1.54) is 12.3 Å². The molecule has 4 rings (SSSR count). The van der Waals surface area contributed by atoms with Crippen molar-refractivity contribution in [3.05, 3.63) is 60.4 Å². The topological polar surface area (TPSA) is 102 Å². The van der Waals surface area contributed by atoms with E-state index in [1.807, 2.05) is 19.3 Å². The Morgan fingerprint density at radius 2 is 1.96 bits per heavy atom. The molecule has 1 aliphatic rings. The molecule has 0 spiro atoms. The second kappa shape index (κ2) is 6.99. The third-order valence-electron chi connectivity index (χ3n) is 4.20. The van der Waals surface area contributed by atoms with E-state index in [0.717, 1.165) is 24.0 Å². The smallest absolute Gasteiger partial charge is 0.270 e. The molecule has 136 valence electrons. The summed E-state index contributed by atoms with van der Waals surface area (Å²) in [6.07, 6.45) is 10.3. The monoisotopic (exact) mass is 362 g/mol. The van der Waals surface area contributed by atoms with Crippen LogP contribution in [0.2, 0.25) is 0 Å². The van der Waals surface area contributed by atoms with E-state index in [-0.39, 0.29) is 23.6 Å². The zero-order chi connectivity index (χ0) is 18.8. The number of nitrogens with zero attached hydrogens (tertiary/aromatic N) is 4. The molecular formula is C19H18N6O2. The van der Waals surface area contributed by atoms with Crippen LogP contribution in [0.25, 0.3) is 11.1 Å². The van der Waals surface area contributed by atoms with Crippen molar-refractivity contribution in [2.45, 2.75) is 18.9 Å². The lowest BCUT2D eigenvalue weighted by molar-refractivity contribution is 0.0946. The van der Waals surface area contributed by atoms with E-state index in [0.29, 0.717) is 11.3 Å². The molecule has 3 heterocycles. The van der Waals surface area contributed by atoms with E-state index < -0.39 is 0 Å². The van der Waals surface area contributed by atoms with Gasteiger partial charge in [-0.25, -0.2) is 0 Å². The number of carbonyl (C=O) groups excluding carboxylic acids is 2. The molecule has 0 aromatic carbocycles. The standard InChI is InChI=1S/C19H18N6O2/c1-25-11-14(9-22-25)13-6-16(10-20-8-13)24-18(26)12-4-5-21-17(7-12)19(27)23-15-2-3-15/h4-11,15H,2-3H2,1H3,(H,23,27)(H,24,26). The predicted molar refractivity (Wildman–Crippen MR) is 99.1 cm³/mol. The molecule has 0 unspecified atom stereocenters. The number of aryl methyl sites for hydroxylation is 1. The van der Waals surface area contributed by atoms with Crippen LogP contribution >= 0.6 is 0 Å². The minimum atomic E-state index is -0.331. The van der Waals surface area contributed by atoms with Crippen molar-refractivity contribution in [1.82, 2.24) is 25.1 Å². The summed E-state index contributed by atoms with van der Waals surface area (Å²) in [6.45, 7) is 0. The molecule has 3 aromatic rings. The molecule has 0 bridgehead atoms. The summed E-state index contributed by atoms with van der Waals surface area (Å²) in [5, 5.41) is 9.81. The van der Waals surface area contributed by atoms with Crippen molar-refractivity contribution in [2.24, 2.45) is 7.05 Å². The van der Waals surface area contributed by atoms with Gasteiger partial charge in [-0.2, -0.15) is 5.10 Å². The Morgan fingerprint density at radius 1 is 1.11 bits per heavy atom. The van der Waals surface area contributed by atoms with Gasteiger partial charge in [-0.1, -0.05) is 0 Å². The van der Waals surface area contributed by atoms with Crippen molar-refractivity contribution < 1.29 is 9.59 Å². The van der Waals surface area contributed by atoms with Gasteiger partial charge in [0.2, 0.25) is 0 Å². The van der Waals surface area contributed by atoms with Crippen LogP contribution in [-0.4, -0.2) is 37.6 Å². The van der Waals surface area contributed by atoms with Gasteiger partial charge in [-0.15, -0.1) is 0 Å². The summed E-state index contributed by atoms with van der Waals surface area (Å²) in [6, 6.07) is 5.12. The summed E-state index contributed by atoms with van der Waals surface area (Å²) in [4.78, 5) is 32.9. The Labute approximate surface area is 155 Å². The van der Waals surface area contributed by atoms with E-state index in [1.54, 1.807) is 29.3 Å². The Hall–Kier alpha value is -3.55. The Morgan fingerprint density at radius 3 is 2.70 bits per heavy atom. The van der Waals surface area contributed by atoms with Crippen LogP contribution in [0.15, 0.2) is 49.2 Å². The number of carbonyl (C=O) groups is 2. The highest BCUT2D eigenvalue weighted by atomic mass is 16.2. The number of rotatable bonds is 5. The summed E-state index contributed by atoms with van der Waals surface area (Å²) in [5.74, 6) is -0.588. The highest BCUT2D eigenvalue weighted by Crippen LogP contribution is 2.21. The van der Waals surface area contributed by atoms with Crippen LogP contribution < -0.4 is 10.6 Å². The van der Waals surface area contributed by atoms with Crippen LogP contribution in [0, 0.1) is 0 Å². The molecule has 8 nitrogen and oxygen atoms in total. The maximum atomic E-state index is 12.6. The number of pyridine rings is 2. The van der Waals surface area contributed by atoms with Gasteiger partial charge in [0.1, 0.15) is 5.69 Å². The number of aromatic nitrogens is 4. The molecule has 27 heavy (non-hydrogen) atoms. The number of nitrogens with one attached hydrogen (secondary N) is 2. The lowest BCUT2D eigenvalue weighted by Gasteiger charge is -2.08. The summed E-state index contributed by atoms with van der Waals surface area (Å²) < 4.78 is 1.70. The number of anilines is 1. The van der Waals surface area contributed by atoms with E-state index >= 15 is 0 Å². The van der Waals surface area contributed by atoms with Gasteiger partial charge in [0, 0.05) is 48.4 Å². The zero-order valence-corrected chi connectivity index (χ0v) is 14.7. The zero-order valence-electron chi connectivity index (χ0n) is 14.7. The van der Waals surface area contributed by atoms with Crippen molar-refractivity contribution >= 4 is 17.5 Å². The average molecular weight is 362 g/mol. The van der Waals surface area contributed by atoms with Crippen molar-refractivity contribution in [2.75, 3.05) is 5.32 Å². The number of hydrogen-bond acceptors (Lipinski definition) is 5. The maximum absolute atomic E-state index is 12.6. The molecule has 3 aromatic heterocycles. The third-order valence-corrected chi connectivity index (χ3v) is 4.20. The highest BCUT2D eigenvalue weighted by molar-refractivity contribution is 6.05. The van der Waals surface area contributed by atoms with Crippen LogP contribution in [0.3, 0.4) is 0 Å². The molecular weight excluding hydrogens is 344 g/mol. The Bertz CT molecular complexity index is 1010. The highest BCUT2D eigenvalue weighted by Gasteiger charge is 2.24. The van der Waals surface area contributed by atoms with E-state index in [2.05, 4.69) is 25.7 Å². The fourth-order valence-electron chi connectivity index (χ4n) is 2.62. The molecule has 1 aliphatic carbocycles. The molecule has 0 saturated heterocycles. The van der Waals surface area contributed by atoms with Gasteiger partial charge in [0.05, 0.1) is 18.1 Å². The van der Waals surface area contributed by atoms with Gasteiger partial charge in [-0.05, 0) is 31.0 Å². The van der Waals surface area contributed by atoms with Gasteiger partial charge in [-0.3, -0.25) is 24.2 Å². The van der Waals surface area contributed by atoms with Crippen molar-refractivity contribution in [3.8, 4) is 11.1 Å². The molecule has 0 atom stereocenters. The lowest BCUT2D eigenvalue weighted by atomic mass is 10.1. The summed E-state index contributed by atoms with van der Waals surface area (Å²) in [5.41, 5.74) is 2.90. The Kier molecular flexibility index (Phi) is 4.37. The fourth-order valence-corrected chi connectivity index (χ4v) is 2.62. The van der Waals surface area contributed by atoms with Gasteiger partial charge < -0.3 is 10.6 Å². The SMILES string of the molecule is Cn1cc(-c2cncc(NC(=O)c3ccnc(C(=O)NC4CC4)c3)c2)cn1. The first-order valence-electron chi connectivity index (χ1n) is 8.61. The largest absolute Gasteiger partial charge is 0.348 e. The molecule has 1 fully saturated rings. The first-order chi connectivity index (χ1) is 13.1. The van der Waals surface area contributed by atoms with E-state index in [9.17, 15) is 9.59 Å². The van der Waals surface area contributed by atoms with Crippen molar-refractivity contribution in [3.63, 3.8) is 0 Å². The second-order valence-electron chi connectivity index (χ2n) is 6.50. The number of hydrogen-bond donors (Lipinski definition) is 2. The van der Waals surface area contributed by atoms with Crippen LogP contribution in [-0.2, 0) is 7.05 Å². The molecule has 0 aliphatic heterocycles. The first-order valence-corrected chi connectivity index (χ1v) is 8.61. The molecule has 2 amide bonds. The lowest BCUT2D eigenvalue weighted by Crippen LogP contribution is -2.26. The van der Waals surface area contributed by atoms with Crippen molar-refractivity contribution in [1.29, 1.82) is 0 Å². The maximum Gasteiger partial charge on any atom is 0.270 e. The quantitative estimate of drug-likeness (QED) is 0.723. The minimum Gasteiger partial charge on any atom is -0.348 e. The third kappa shape index (κ3) is 4.00. The summed E-state index contributed by atoms with van der Waals surface area (Å²) in [7, 11) is 1.84. The molecule has 1 saturated carbocycles. The summed E-state index contributed by atoms with van der Waals surface area (Å²) >= 11 is 0. The average Bonchev–Trinajstić information content (AvgIpc) is 3.39. The van der Waals surface area contributed by atoms with Gasteiger partial charge >= 0.3 is 0 Å². The number of amides is 2. The van der Waals surface area contributed by atoms with Gasteiger partial charge in [0.15, 0.2) is 0 Å². The van der Waals surface area contributed by atoms with Crippen LogP contribution in [0.1, 0.15) is 33.7 Å². The molecule has 2 N–H and O–H groups in total. The molecule has 0 radical (unpaired) electrons. The normalized spacial score (nSPS) is 13.2. The fraction of sp³-hybridized carbons (Fsp3) is 0.211. The second-order valence-corrected chi connectivity index (χ2v) is 6.50. The Balaban J connectivity index is 1.50.